The Labute approximate surface area is 220 Å². The standard InChI is InChI=1S/C29H25N5O3S/c30-28-25-18-23(15-12-20(25)16-17-32-28)33-27(21-6-2-1-3-7-21)29(35)34-22-13-10-19(11-14-22)24-8-4-5-9-26(24)38(31,36)37/h1-18,27,33H,(H2,30,32)(H,34,35)(H2,31,36,37). The summed E-state index contributed by atoms with van der Waals surface area (Å²) in [6.45, 7) is 0. The van der Waals surface area contributed by atoms with Gasteiger partial charge in [-0.25, -0.2) is 18.5 Å². The van der Waals surface area contributed by atoms with E-state index in [0.29, 0.717) is 22.6 Å². The molecule has 0 saturated carbocycles. The molecule has 190 valence electrons. The smallest absolute Gasteiger partial charge is 0.251 e. The molecule has 0 radical (unpaired) electrons. The molecule has 8 nitrogen and oxygen atoms in total. The molecule has 1 heterocycles. The second-order valence-corrected chi connectivity index (χ2v) is 10.3. The van der Waals surface area contributed by atoms with Gasteiger partial charge in [0.05, 0.1) is 4.90 Å². The van der Waals surface area contributed by atoms with Gasteiger partial charge in [0.15, 0.2) is 0 Å². The van der Waals surface area contributed by atoms with Gasteiger partial charge in [-0.05, 0) is 52.9 Å². The fourth-order valence-electron chi connectivity index (χ4n) is 4.29. The maximum atomic E-state index is 13.5. The topological polar surface area (TPSA) is 140 Å². The zero-order chi connectivity index (χ0) is 26.7. The van der Waals surface area contributed by atoms with Gasteiger partial charge in [0, 0.05) is 28.5 Å². The Hall–Kier alpha value is -4.73. The van der Waals surface area contributed by atoms with Gasteiger partial charge in [0.1, 0.15) is 11.9 Å². The molecule has 38 heavy (non-hydrogen) atoms. The number of anilines is 3. The number of fused-ring (bicyclic) bond motifs is 1. The number of pyridine rings is 1. The van der Waals surface area contributed by atoms with Crippen molar-refractivity contribution in [3.63, 3.8) is 0 Å². The maximum Gasteiger partial charge on any atom is 0.251 e. The van der Waals surface area contributed by atoms with Crippen molar-refractivity contribution in [3.8, 4) is 11.1 Å². The summed E-state index contributed by atoms with van der Waals surface area (Å²) in [5.74, 6) is 0.143. The summed E-state index contributed by atoms with van der Waals surface area (Å²) in [6.07, 6.45) is 1.66. The monoisotopic (exact) mass is 523 g/mol. The van der Waals surface area contributed by atoms with Gasteiger partial charge in [-0.15, -0.1) is 0 Å². The van der Waals surface area contributed by atoms with Gasteiger partial charge >= 0.3 is 0 Å². The summed E-state index contributed by atoms with van der Waals surface area (Å²) in [4.78, 5) is 17.7. The highest BCUT2D eigenvalue weighted by Gasteiger charge is 2.21. The number of primary sulfonamides is 1. The van der Waals surface area contributed by atoms with Crippen LogP contribution < -0.4 is 21.5 Å². The minimum absolute atomic E-state index is 0.0383. The molecule has 0 aliphatic carbocycles. The van der Waals surface area contributed by atoms with Crippen LogP contribution >= 0.6 is 0 Å². The van der Waals surface area contributed by atoms with E-state index in [-0.39, 0.29) is 10.8 Å². The number of benzene rings is 4. The van der Waals surface area contributed by atoms with E-state index in [2.05, 4.69) is 15.6 Å². The van der Waals surface area contributed by atoms with Crippen LogP contribution in [0.4, 0.5) is 17.2 Å². The third kappa shape index (κ3) is 5.34. The number of hydrogen-bond acceptors (Lipinski definition) is 6. The second-order valence-electron chi connectivity index (χ2n) is 8.73. The largest absolute Gasteiger partial charge is 0.383 e. The zero-order valence-corrected chi connectivity index (χ0v) is 21.0. The van der Waals surface area contributed by atoms with Crippen molar-refractivity contribution in [1.82, 2.24) is 4.98 Å². The third-order valence-electron chi connectivity index (χ3n) is 6.16. The zero-order valence-electron chi connectivity index (χ0n) is 20.2. The van der Waals surface area contributed by atoms with E-state index in [9.17, 15) is 13.2 Å². The molecule has 0 bridgehead atoms. The van der Waals surface area contributed by atoms with Gasteiger partial charge in [0.25, 0.3) is 5.91 Å². The molecule has 1 atom stereocenters. The quantitative estimate of drug-likeness (QED) is 0.239. The van der Waals surface area contributed by atoms with Crippen LogP contribution in [0.1, 0.15) is 11.6 Å². The maximum absolute atomic E-state index is 13.5. The molecule has 5 rings (SSSR count). The first kappa shape index (κ1) is 24.9. The molecule has 4 aromatic carbocycles. The number of carbonyl (C=O) groups excluding carboxylic acids is 1. The van der Waals surface area contributed by atoms with Crippen molar-refractivity contribution in [2.45, 2.75) is 10.9 Å². The van der Waals surface area contributed by atoms with E-state index < -0.39 is 16.1 Å². The number of sulfonamides is 1. The van der Waals surface area contributed by atoms with Crippen molar-refractivity contribution < 1.29 is 13.2 Å². The SMILES string of the molecule is Nc1nccc2ccc(NC(C(=O)Nc3ccc(-c4ccccc4S(N)(=O)=O)cc3)c3ccccc3)cc12. The third-order valence-corrected chi connectivity index (χ3v) is 7.13. The Bertz CT molecular complexity index is 1720. The summed E-state index contributed by atoms with van der Waals surface area (Å²) in [7, 11) is -3.89. The van der Waals surface area contributed by atoms with Crippen molar-refractivity contribution in [2.24, 2.45) is 5.14 Å². The number of rotatable bonds is 7. The number of nitrogens with two attached hydrogens (primary N) is 2. The molecule has 0 saturated heterocycles. The van der Waals surface area contributed by atoms with Crippen LogP contribution in [-0.2, 0) is 14.8 Å². The minimum atomic E-state index is -3.89. The predicted molar refractivity (Wildman–Crippen MR) is 151 cm³/mol. The highest BCUT2D eigenvalue weighted by Crippen LogP contribution is 2.29. The Morgan fingerprint density at radius 2 is 1.50 bits per heavy atom. The van der Waals surface area contributed by atoms with E-state index in [1.807, 2.05) is 54.6 Å². The average molecular weight is 524 g/mol. The van der Waals surface area contributed by atoms with E-state index in [4.69, 9.17) is 10.9 Å². The van der Waals surface area contributed by atoms with E-state index >= 15 is 0 Å². The lowest BCUT2D eigenvalue weighted by molar-refractivity contribution is -0.117. The summed E-state index contributed by atoms with van der Waals surface area (Å²) >= 11 is 0. The molecule has 0 fully saturated rings. The Morgan fingerprint density at radius 3 is 2.24 bits per heavy atom. The molecule has 5 aromatic rings. The fraction of sp³-hybridized carbons (Fsp3) is 0.0345. The summed E-state index contributed by atoms with van der Waals surface area (Å²) < 4.78 is 24.0. The van der Waals surface area contributed by atoms with Crippen LogP contribution in [0, 0.1) is 0 Å². The van der Waals surface area contributed by atoms with Gasteiger partial charge in [0.2, 0.25) is 10.0 Å². The fourth-order valence-corrected chi connectivity index (χ4v) is 5.05. The molecule has 9 heteroatoms. The second kappa shape index (κ2) is 10.3. The lowest BCUT2D eigenvalue weighted by atomic mass is 10.0. The van der Waals surface area contributed by atoms with Gasteiger partial charge in [-0.1, -0.05) is 66.7 Å². The molecular weight excluding hydrogens is 498 g/mol. The first-order chi connectivity index (χ1) is 18.3. The molecule has 0 aliphatic heterocycles. The van der Waals surface area contributed by atoms with Crippen LogP contribution in [0.2, 0.25) is 0 Å². The van der Waals surface area contributed by atoms with E-state index in [1.54, 1.807) is 48.7 Å². The number of nitrogen functional groups attached to an aromatic ring is 1. The van der Waals surface area contributed by atoms with Crippen LogP contribution in [0.15, 0.2) is 114 Å². The molecule has 1 amide bonds. The highest BCUT2D eigenvalue weighted by molar-refractivity contribution is 7.89. The number of aromatic nitrogens is 1. The molecule has 0 aliphatic rings. The lowest BCUT2D eigenvalue weighted by Crippen LogP contribution is -2.27. The van der Waals surface area contributed by atoms with Crippen LogP contribution in [0.3, 0.4) is 0 Å². The van der Waals surface area contributed by atoms with Crippen LogP contribution in [0.5, 0.6) is 0 Å². The molecular formula is C29H25N5O3S. The Balaban J connectivity index is 1.41. The summed E-state index contributed by atoms with van der Waals surface area (Å²) in [5, 5.41) is 13.4. The highest BCUT2D eigenvalue weighted by atomic mass is 32.2. The number of hydrogen-bond donors (Lipinski definition) is 4. The van der Waals surface area contributed by atoms with Crippen LogP contribution in [0.25, 0.3) is 21.9 Å². The number of amides is 1. The Morgan fingerprint density at radius 1 is 0.816 bits per heavy atom. The minimum Gasteiger partial charge on any atom is -0.383 e. The number of nitrogens with one attached hydrogen (secondary N) is 2. The first-order valence-electron chi connectivity index (χ1n) is 11.8. The first-order valence-corrected chi connectivity index (χ1v) is 13.3. The van der Waals surface area contributed by atoms with Crippen molar-refractivity contribution in [2.75, 3.05) is 16.4 Å². The summed E-state index contributed by atoms with van der Waals surface area (Å²) in [6, 6.07) is 29.7. The van der Waals surface area contributed by atoms with Gasteiger partial charge < -0.3 is 16.4 Å². The molecule has 1 aromatic heterocycles. The van der Waals surface area contributed by atoms with Crippen molar-refractivity contribution in [1.29, 1.82) is 0 Å². The Kier molecular flexibility index (Phi) is 6.78. The number of carbonyl (C=O) groups is 1. The van der Waals surface area contributed by atoms with Crippen molar-refractivity contribution >= 4 is 43.9 Å². The predicted octanol–water partition coefficient (Wildman–Crippen LogP) is 4.92. The number of nitrogens with zero attached hydrogens (tertiary/aromatic N) is 1. The molecule has 6 N–H and O–H groups in total. The van der Waals surface area contributed by atoms with Crippen molar-refractivity contribution in [3.05, 3.63) is 115 Å². The summed E-state index contributed by atoms with van der Waals surface area (Å²) in [5.41, 5.74) is 9.26. The van der Waals surface area contributed by atoms with Gasteiger partial charge in [-0.2, -0.15) is 0 Å². The normalized spacial score (nSPS) is 12.1. The average Bonchev–Trinajstić information content (AvgIpc) is 2.92. The molecule has 0 spiro atoms. The van der Waals surface area contributed by atoms with Gasteiger partial charge in [-0.3, -0.25) is 4.79 Å². The van der Waals surface area contributed by atoms with E-state index in [1.165, 1.54) is 6.07 Å². The van der Waals surface area contributed by atoms with Crippen LogP contribution in [-0.4, -0.2) is 19.3 Å². The lowest BCUT2D eigenvalue weighted by Gasteiger charge is -2.21. The molecule has 1 unspecified atom stereocenters. The van der Waals surface area contributed by atoms with E-state index in [0.717, 1.165) is 22.0 Å².